The predicted molar refractivity (Wildman–Crippen MR) is 87.8 cm³/mol. The van der Waals surface area contributed by atoms with E-state index in [9.17, 15) is 13.2 Å². The van der Waals surface area contributed by atoms with Crippen molar-refractivity contribution in [2.75, 3.05) is 52.4 Å². The summed E-state index contributed by atoms with van der Waals surface area (Å²) in [6.07, 6.45) is 1.27. The zero-order valence-corrected chi connectivity index (χ0v) is 14.9. The summed E-state index contributed by atoms with van der Waals surface area (Å²) >= 11 is 0. The number of nitrogens with zero attached hydrogens (tertiary/aromatic N) is 3. The van der Waals surface area contributed by atoms with Gasteiger partial charge < -0.3 is 9.80 Å². The van der Waals surface area contributed by atoms with Gasteiger partial charge in [-0.2, -0.15) is 12.7 Å². The van der Waals surface area contributed by atoms with Crippen molar-refractivity contribution < 1.29 is 13.2 Å². The molecular weight excluding hydrogens is 304 g/mol. The molecule has 7 nitrogen and oxygen atoms in total. The Morgan fingerprint density at radius 3 is 2.18 bits per heavy atom. The summed E-state index contributed by atoms with van der Waals surface area (Å²) in [5, 5.41) is 0. The third kappa shape index (κ3) is 5.83. The van der Waals surface area contributed by atoms with E-state index in [1.54, 1.807) is 4.90 Å². The lowest BCUT2D eigenvalue weighted by molar-refractivity contribution is -0.132. The molecule has 8 heteroatoms. The Bertz CT molecular complexity index is 429. The number of carbonyl (C=O) groups is 1. The van der Waals surface area contributed by atoms with Gasteiger partial charge in [-0.05, 0) is 19.5 Å². The minimum Gasteiger partial charge on any atom is -0.340 e. The number of piperazine rings is 1. The van der Waals surface area contributed by atoms with E-state index in [2.05, 4.69) is 23.5 Å². The Labute approximate surface area is 134 Å². The minimum atomic E-state index is -3.39. The molecule has 1 fully saturated rings. The third-order valence-electron chi connectivity index (χ3n) is 4.00. The van der Waals surface area contributed by atoms with E-state index >= 15 is 0 Å². The fourth-order valence-corrected chi connectivity index (χ4v) is 3.74. The van der Waals surface area contributed by atoms with Gasteiger partial charge in [-0.15, -0.1) is 0 Å². The molecule has 0 aromatic rings. The van der Waals surface area contributed by atoms with Crippen LogP contribution < -0.4 is 4.72 Å². The van der Waals surface area contributed by atoms with Gasteiger partial charge in [-0.25, -0.2) is 4.72 Å². The summed E-state index contributed by atoms with van der Waals surface area (Å²) < 4.78 is 28.0. The first-order valence-corrected chi connectivity index (χ1v) is 9.63. The van der Waals surface area contributed by atoms with Crippen LogP contribution >= 0.6 is 0 Å². The smallest absolute Gasteiger partial charge is 0.279 e. The van der Waals surface area contributed by atoms with Gasteiger partial charge in [0, 0.05) is 45.7 Å². The monoisotopic (exact) mass is 334 g/mol. The van der Waals surface area contributed by atoms with Gasteiger partial charge >= 0.3 is 0 Å². The summed E-state index contributed by atoms with van der Waals surface area (Å²) in [7, 11) is -3.39. The molecule has 1 aliphatic rings. The number of nitrogens with one attached hydrogen (secondary N) is 1. The first-order valence-electron chi connectivity index (χ1n) is 8.19. The van der Waals surface area contributed by atoms with Crippen LogP contribution in [0.3, 0.4) is 0 Å². The van der Waals surface area contributed by atoms with Crippen molar-refractivity contribution in [3.63, 3.8) is 0 Å². The van der Waals surface area contributed by atoms with Gasteiger partial charge in [0.1, 0.15) is 0 Å². The van der Waals surface area contributed by atoms with Crippen molar-refractivity contribution in [2.45, 2.75) is 33.6 Å². The molecule has 0 aromatic heterocycles. The third-order valence-corrected chi connectivity index (χ3v) is 5.62. The first-order chi connectivity index (χ1) is 10.4. The summed E-state index contributed by atoms with van der Waals surface area (Å²) in [6.45, 7) is 10.9. The van der Waals surface area contributed by atoms with E-state index in [0.717, 1.165) is 26.1 Å². The minimum absolute atomic E-state index is 0.116. The number of hydrogen-bond acceptors (Lipinski definition) is 4. The van der Waals surface area contributed by atoms with Crippen LogP contribution in [0, 0.1) is 0 Å². The van der Waals surface area contributed by atoms with Gasteiger partial charge in [0.15, 0.2) is 0 Å². The second kappa shape index (κ2) is 9.44. The maximum atomic E-state index is 12.2. The highest BCUT2D eigenvalue weighted by Crippen LogP contribution is 2.08. The fourth-order valence-electron chi connectivity index (χ4n) is 2.45. The molecule has 130 valence electrons. The molecule has 0 atom stereocenters. The Morgan fingerprint density at radius 2 is 1.68 bits per heavy atom. The van der Waals surface area contributed by atoms with E-state index in [1.807, 2.05) is 6.92 Å². The Morgan fingerprint density at radius 1 is 1.09 bits per heavy atom. The molecule has 1 saturated heterocycles. The number of rotatable bonds is 9. The molecule has 0 radical (unpaired) electrons. The van der Waals surface area contributed by atoms with Crippen molar-refractivity contribution in [3.05, 3.63) is 0 Å². The summed E-state index contributed by atoms with van der Waals surface area (Å²) in [5.74, 6) is 0.116. The van der Waals surface area contributed by atoms with Gasteiger partial charge in [0.25, 0.3) is 10.2 Å². The number of amides is 1. The molecule has 1 aliphatic heterocycles. The standard InChI is InChI=1S/C14H30N4O3S/c1-4-8-15-22(20,21)18-12-10-17(11-13-18)14(19)7-9-16(5-2)6-3/h15H,4-13H2,1-3H3. The molecule has 1 amide bonds. The van der Waals surface area contributed by atoms with Gasteiger partial charge in [0.05, 0.1) is 0 Å². The van der Waals surface area contributed by atoms with Crippen LogP contribution in [0.1, 0.15) is 33.6 Å². The average molecular weight is 334 g/mol. The highest BCUT2D eigenvalue weighted by atomic mass is 32.2. The summed E-state index contributed by atoms with van der Waals surface area (Å²) in [6, 6.07) is 0. The second-order valence-electron chi connectivity index (χ2n) is 5.46. The van der Waals surface area contributed by atoms with Crippen LogP contribution in [0.4, 0.5) is 0 Å². The molecular formula is C14H30N4O3S. The lowest BCUT2D eigenvalue weighted by Gasteiger charge is -2.34. The largest absolute Gasteiger partial charge is 0.340 e. The lowest BCUT2D eigenvalue weighted by atomic mass is 10.3. The molecule has 0 aromatic carbocycles. The van der Waals surface area contributed by atoms with E-state index in [0.29, 0.717) is 39.1 Å². The first kappa shape index (κ1) is 19.3. The molecule has 1 N–H and O–H groups in total. The maximum Gasteiger partial charge on any atom is 0.279 e. The van der Waals surface area contributed by atoms with Crippen LogP contribution in [0.15, 0.2) is 0 Å². The Kier molecular flexibility index (Phi) is 8.30. The van der Waals surface area contributed by atoms with Crippen molar-refractivity contribution in [2.24, 2.45) is 0 Å². The van der Waals surface area contributed by atoms with Crippen molar-refractivity contribution in [3.8, 4) is 0 Å². The van der Waals surface area contributed by atoms with Gasteiger partial charge in [0.2, 0.25) is 5.91 Å². The van der Waals surface area contributed by atoms with Crippen LogP contribution in [0.25, 0.3) is 0 Å². The summed E-state index contributed by atoms with van der Waals surface area (Å²) in [5.41, 5.74) is 0. The zero-order chi connectivity index (χ0) is 16.6. The Balaban J connectivity index is 2.40. The Hall–Kier alpha value is -0.700. The van der Waals surface area contributed by atoms with Gasteiger partial charge in [-0.3, -0.25) is 4.79 Å². The van der Waals surface area contributed by atoms with Crippen LogP contribution in [0.2, 0.25) is 0 Å². The van der Waals surface area contributed by atoms with Crippen LogP contribution in [0.5, 0.6) is 0 Å². The molecule has 1 heterocycles. The number of hydrogen-bond donors (Lipinski definition) is 1. The quantitative estimate of drug-likeness (QED) is 0.649. The van der Waals surface area contributed by atoms with Crippen molar-refractivity contribution in [1.29, 1.82) is 0 Å². The van der Waals surface area contributed by atoms with E-state index in [1.165, 1.54) is 4.31 Å². The highest BCUT2D eigenvalue weighted by molar-refractivity contribution is 7.87. The molecule has 0 spiro atoms. The number of carbonyl (C=O) groups excluding carboxylic acids is 1. The zero-order valence-electron chi connectivity index (χ0n) is 14.0. The second-order valence-corrected chi connectivity index (χ2v) is 7.21. The predicted octanol–water partition coefficient (Wildman–Crippen LogP) is 0.107. The van der Waals surface area contributed by atoms with Crippen LogP contribution in [-0.2, 0) is 15.0 Å². The average Bonchev–Trinajstić information content (AvgIpc) is 2.54. The molecule has 0 bridgehead atoms. The molecule has 0 saturated carbocycles. The molecule has 0 unspecified atom stereocenters. The van der Waals surface area contributed by atoms with E-state index in [4.69, 9.17) is 0 Å². The lowest BCUT2D eigenvalue weighted by Crippen LogP contribution is -2.53. The highest BCUT2D eigenvalue weighted by Gasteiger charge is 2.28. The molecule has 22 heavy (non-hydrogen) atoms. The van der Waals surface area contributed by atoms with E-state index in [-0.39, 0.29) is 5.91 Å². The molecule has 0 aliphatic carbocycles. The SMILES string of the molecule is CCCNS(=O)(=O)N1CCN(C(=O)CCN(CC)CC)CC1. The van der Waals surface area contributed by atoms with Gasteiger partial charge in [-0.1, -0.05) is 20.8 Å². The topological polar surface area (TPSA) is 73.0 Å². The molecule has 1 rings (SSSR count). The van der Waals surface area contributed by atoms with Crippen molar-refractivity contribution >= 4 is 16.1 Å². The normalized spacial score (nSPS) is 17.2. The maximum absolute atomic E-state index is 12.2. The van der Waals surface area contributed by atoms with E-state index < -0.39 is 10.2 Å². The fraction of sp³-hybridized carbons (Fsp3) is 0.929. The van der Waals surface area contributed by atoms with Crippen molar-refractivity contribution in [1.82, 2.24) is 18.8 Å². The summed E-state index contributed by atoms with van der Waals surface area (Å²) in [4.78, 5) is 16.2. The van der Waals surface area contributed by atoms with Crippen LogP contribution in [-0.4, -0.2) is 80.8 Å².